The number of hydrogen-bond acceptors (Lipinski definition) is 3. The molecule has 0 radical (unpaired) electrons. The molecule has 122 valence electrons. The summed E-state index contributed by atoms with van der Waals surface area (Å²) in [5, 5.41) is 6.26. The van der Waals surface area contributed by atoms with Crippen LogP contribution in [0.2, 0.25) is 10.0 Å². The fourth-order valence-corrected chi connectivity index (χ4v) is 3.39. The summed E-state index contributed by atoms with van der Waals surface area (Å²) in [5.74, 6) is 0.535. The van der Waals surface area contributed by atoms with Gasteiger partial charge in [-0.25, -0.2) is 4.98 Å². The van der Waals surface area contributed by atoms with E-state index in [2.05, 4.69) is 15.3 Å². The van der Waals surface area contributed by atoms with Gasteiger partial charge in [0.2, 0.25) is 0 Å². The second-order valence-corrected chi connectivity index (χ2v) is 6.61. The molecule has 4 rings (SSSR count). The average Bonchev–Trinajstić information content (AvgIpc) is 2.58. The fourth-order valence-electron chi connectivity index (χ4n) is 2.90. The third-order valence-electron chi connectivity index (χ3n) is 4.08. The number of aromatic amines is 1. The highest BCUT2D eigenvalue weighted by Crippen LogP contribution is 2.35. The van der Waals surface area contributed by atoms with Crippen molar-refractivity contribution in [2.24, 2.45) is 0 Å². The number of nitrogens with zero attached hydrogens (tertiary/aromatic N) is 1. The minimum absolute atomic E-state index is 0.163. The van der Waals surface area contributed by atoms with Crippen LogP contribution in [0.5, 0.6) is 0 Å². The number of anilines is 2. The maximum absolute atomic E-state index is 12.5. The Morgan fingerprint density at radius 1 is 1.04 bits per heavy atom. The number of benzene rings is 2. The molecule has 4 nitrogen and oxygen atoms in total. The van der Waals surface area contributed by atoms with Crippen molar-refractivity contribution in [3.05, 3.63) is 69.1 Å². The van der Waals surface area contributed by atoms with Crippen LogP contribution in [0.4, 0.5) is 11.5 Å². The van der Waals surface area contributed by atoms with Gasteiger partial charge < -0.3 is 10.3 Å². The molecule has 4 aromatic rings. The average molecular weight is 368 g/mol. The number of nitrogens with one attached hydrogen (secondary N) is 2. The van der Waals surface area contributed by atoms with E-state index in [-0.39, 0.29) is 5.56 Å². The Morgan fingerprint density at radius 2 is 1.80 bits per heavy atom. The summed E-state index contributed by atoms with van der Waals surface area (Å²) in [6, 6.07) is 12.9. The number of aromatic nitrogens is 2. The van der Waals surface area contributed by atoms with Crippen molar-refractivity contribution in [2.75, 3.05) is 5.32 Å². The highest BCUT2D eigenvalue weighted by atomic mass is 35.5. The minimum atomic E-state index is -0.163. The van der Waals surface area contributed by atoms with Crippen LogP contribution in [0.3, 0.4) is 0 Å². The molecule has 0 aliphatic carbocycles. The van der Waals surface area contributed by atoms with E-state index in [0.717, 1.165) is 16.4 Å². The Hall–Kier alpha value is -2.50. The van der Waals surface area contributed by atoms with Crippen LogP contribution in [0.25, 0.3) is 21.7 Å². The summed E-state index contributed by atoms with van der Waals surface area (Å²) in [4.78, 5) is 19.9. The van der Waals surface area contributed by atoms with E-state index in [1.54, 1.807) is 24.4 Å². The van der Waals surface area contributed by atoms with Crippen LogP contribution in [0, 0.1) is 0 Å². The minimum Gasteiger partial charge on any atom is -0.337 e. The molecule has 2 heterocycles. The topological polar surface area (TPSA) is 57.8 Å². The molecule has 0 spiro atoms. The molecule has 0 bridgehead atoms. The number of H-pyrrole nitrogens is 1. The van der Waals surface area contributed by atoms with Crippen LogP contribution in [-0.2, 0) is 0 Å². The Morgan fingerprint density at radius 3 is 2.56 bits per heavy atom. The van der Waals surface area contributed by atoms with Crippen LogP contribution in [-0.4, -0.2) is 17.8 Å². The molecular formula is C18H12BCl2N3O. The zero-order valence-corrected chi connectivity index (χ0v) is 14.7. The van der Waals surface area contributed by atoms with Crippen molar-refractivity contribution >= 4 is 69.7 Å². The maximum Gasteiger partial charge on any atom is 0.256 e. The van der Waals surface area contributed by atoms with Gasteiger partial charge in [-0.05, 0) is 24.3 Å². The van der Waals surface area contributed by atoms with Gasteiger partial charge in [0.05, 0.1) is 26.6 Å². The van der Waals surface area contributed by atoms with Crippen molar-refractivity contribution in [2.45, 2.75) is 0 Å². The quantitative estimate of drug-likeness (QED) is 0.421. The number of hydrogen-bond donors (Lipinski definition) is 2. The van der Waals surface area contributed by atoms with E-state index in [0.29, 0.717) is 32.3 Å². The van der Waals surface area contributed by atoms with Crippen LogP contribution in [0.1, 0.15) is 0 Å². The lowest BCUT2D eigenvalue weighted by Gasteiger charge is -2.13. The van der Waals surface area contributed by atoms with Gasteiger partial charge in [-0.15, -0.1) is 0 Å². The highest BCUT2D eigenvalue weighted by Gasteiger charge is 2.14. The summed E-state index contributed by atoms with van der Waals surface area (Å²) in [5.41, 5.74) is 2.18. The van der Waals surface area contributed by atoms with E-state index in [4.69, 9.17) is 23.2 Å². The zero-order valence-electron chi connectivity index (χ0n) is 13.2. The van der Waals surface area contributed by atoms with Gasteiger partial charge in [0.25, 0.3) is 5.56 Å². The maximum atomic E-state index is 12.5. The van der Waals surface area contributed by atoms with Crippen molar-refractivity contribution < 1.29 is 0 Å². The highest BCUT2D eigenvalue weighted by molar-refractivity contribution is 6.39. The molecule has 0 saturated carbocycles. The summed E-state index contributed by atoms with van der Waals surface area (Å²) >= 11 is 12.5. The largest absolute Gasteiger partial charge is 0.337 e. The van der Waals surface area contributed by atoms with Crippen molar-refractivity contribution in [1.82, 2.24) is 9.97 Å². The van der Waals surface area contributed by atoms with Gasteiger partial charge in [0, 0.05) is 17.0 Å². The summed E-state index contributed by atoms with van der Waals surface area (Å²) < 4.78 is 0. The number of halogens is 2. The standard InChI is InChI=1S/C18H12BCl2N3O/c19-9-4-5-14-11(8-9)15-10(6-7-22-18(15)25)17(23-14)24-16-12(20)2-1-3-13(16)21/h1-8H,19H2,(H,22,25)(H,23,24). The second kappa shape index (κ2) is 6.10. The normalized spacial score (nSPS) is 11.1. The molecule has 0 aliphatic rings. The first kappa shape index (κ1) is 16.0. The van der Waals surface area contributed by atoms with E-state index >= 15 is 0 Å². The Kier molecular flexibility index (Phi) is 3.90. The molecule has 25 heavy (non-hydrogen) atoms. The molecule has 2 N–H and O–H groups in total. The van der Waals surface area contributed by atoms with Crippen molar-refractivity contribution in [3.8, 4) is 0 Å². The predicted molar refractivity (Wildman–Crippen MR) is 108 cm³/mol. The van der Waals surface area contributed by atoms with E-state index in [1.165, 1.54) is 0 Å². The van der Waals surface area contributed by atoms with E-state index in [1.807, 2.05) is 32.1 Å². The van der Waals surface area contributed by atoms with Gasteiger partial charge in [0.1, 0.15) is 13.7 Å². The number of fused-ring (bicyclic) bond motifs is 3. The Balaban J connectivity index is 2.05. The van der Waals surface area contributed by atoms with Gasteiger partial charge >= 0.3 is 0 Å². The van der Waals surface area contributed by atoms with Crippen molar-refractivity contribution in [3.63, 3.8) is 0 Å². The molecule has 0 unspecified atom stereocenters. The number of pyridine rings is 2. The van der Waals surface area contributed by atoms with Gasteiger partial charge in [-0.1, -0.05) is 46.9 Å². The molecule has 2 aromatic carbocycles. The van der Waals surface area contributed by atoms with Crippen LogP contribution < -0.4 is 16.3 Å². The third-order valence-corrected chi connectivity index (χ3v) is 4.71. The molecule has 0 fully saturated rings. The lowest BCUT2D eigenvalue weighted by Crippen LogP contribution is -2.09. The second-order valence-electron chi connectivity index (χ2n) is 5.80. The first-order chi connectivity index (χ1) is 12.0. The van der Waals surface area contributed by atoms with Gasteiger partial charge in [-0.2, -0.15) is 0 Å². The molecule has 0 saturated heterocycles. The number of rotatable bonds is 2. The first-order valence-corrected chi connectivity index (χ1v) is 8.43. The lowest BCUT2D eigenvalue weighted by atomic mass is 9.93. The lowest BCUT2D eigenvalue weighted by molar-refractivity contribution is 1.27. The third kappa shape index (κ3) is 2.75. The Labute approximate surface area is 154 Å². The Bertz CT molecular complexity index is 1170. The molecular weight excluding hydrogens is 356 g/mol. The monoisotopic (exact) mass is 367 g/mol. The summed E-state index contributed by atoms with van der Waals surface area (Å²) in [6.45, 7) is 0. The van der Waals surface area contributed by atoms with Crippen LogP contribution >= 0.6 is 23.2 Å². The fraction of sp³-hybridized carbons (Fsp3) is 0. The van der Waals surface area contributed by atoms with E-state index < -0.39 is 0 Å². The van der Waals surface area contributed by atoms with Gasteiger partial charge in [0.15, 0.2) is 0 Å². The zero-order chi connectivity index (χ0) is 17.6. The molecule has 0 aliphatic heterocycles. The van der Waals surface area contributed by atoms with Crippen molar-refractivity contribution in [1.29, 1.82) is 0 Å². The number of para-hydroxylation sites is 1. The van der Waals surface area contributed by atoms with Crippen LogP contribution in [0.15, 0.2) is 53.5 Å². The summed E-state index contributed by atoms with van der Waals surface area (Å²) in [6.07, 6.45) is 1.60. The van der Waals surface area contributed by atoms with Gasteiger partial charge in [-0.3, -0.25) is 4.79 Å². The predicted octanol–water partition coefficient (Wildman–Crippen LogP) is 3.39. The molecule has 0 amide bonds. The molecule has 0 atom stereocenters. The SMILES string of the molecule is Bc1ccc2nc(Nc3c(Cl)cccc3Cl)c3cc[nH]c(=O)c3c2c1. The smallest absolute Gasteiger partial charge is 0.256 e. The summed E-state index contributed by atoms with van der Waals surface area (Å²) in [7, 11) is 1.98. The molecule has 2 aromatic heterocycles. The molecule has 7 heteroatoms. The first-order valence-electron chi connectivity index (χ1n) is 7.67. The van der Waals surface area contributed by atoms with E-state index in [9.17, 15) is 4.79 Å².